The number of benzene rings is 1. The van der Waals surface area contributed by atoms with Gasteiger partial charge in [0.15, 0.2) is 11.5 Å². The molecule has 0 aliphatic rings. The van der Waals surface area contributed by atoms with E-state index in [-0.39, 0.29) is 11.3 Å². The maximum absolute atomic E-state index is 12.2. The Hall–Kier alpha value is -3.23. The summed E-state index contributed by atoms with van der Waals surface area (Å²) < 4.78 is 20.3. The summed E-state index contributed by atoms with van der Waals surface area (Å²) in [5.74, 6) is -0.219. The Bertz CT molecular complexity index is 730. The van der Waals surface area contributed by atoms with Crippen molar-refractivity contribution in [2.45, 2.75) is 6.92 Å². The second-order valence-electron chi connectivity index (χ2n) is 4.65. The molecule has 0 atom stereocenters. The first kappa shape index (κ1) is 17.1. The maximum Gasteiger partial charge on any atom is 0.308 e. The SMILES string of the molecule is COc1cc(C(=O)NNC(=O)c2cc(C)no2)cc(OC)c1OC. The fourth-order valence-electron chi connectivity index (χ4n) is 1.93. The molecule has 128 valence electrons. The number of carbonyl (C=O) groups is 2. The van der Waals surface area contributed by atoms with Gasteiger partial charge in [-0.2, -0.15) is 0 Å². The molecule has 1 aromatic carbocycles. The summed E-state index contributed by atoms with van der Waals surface area (Å²) in [7, 11) is 4.33. The third-order valence-electron chi connectivity index (χ3n) is 3.07. The van der Waals surface area contributed by atoms with Crippen molar-refractivity contribution in [3.05, 3.63) is 35.2 Å². The minimum absolute atomic E-state index is 0.0160. The number of rotatable bonds is 5. The van der Waals surface area contributed by atoms with Crippen LogP contribution < -0.4 is 25.1 Å². The van der Waals surface area contributed by atoms with Gasteiger partial charge in [-0.3, -0.25) is 20.4 Å². The molecule has 2 N–H and O–H groups in total. The van der Waals surface area contributed by atoms with E-state index in [0.29, 0.717) is 22.9 Å². The highest BCUT2D eigenvalue weighted by molar-refractivity contribution is 5.98. The Labute approximate surface area is 137 Å². The fourth-order valence-corrected chi connectivity index (χ4v) is 1.93. The van der Waals surface area contributed by atoms with E-state index < -0.39 is 11.8 Å². The van der Waals surface area contributed by atoms with Crippen molar-refractivity contribution in [2.75, 3.05) is 21.3 Å². The fraction of sp³-hybridized carbons (Fsp3) is 0.267. The van der Waals surface area contributed by atoms with Crippen molar-refractivity contribution in [1.29, 1.82) is 0 Å². The molecule has 2 aromatic rings. The number of ether oxygens (including phenoxy) is 3. The molecule has 0 radical (unpaired) electrons. The highest BCUT2D eigenvalue weighted by Crippen LogP contribution is 2.38. The van der Waals surface area contributed by atoms with Crippen molar-refractivity contribution in [3.8, 4) is 17.2 Å². The van der Waals surface area contributed by atoms with Gasteiger partial charge in [-0.15, -0.1) is 0 Å². The quantitative estimate of drug-likeness (QED) is 0.786. The van der Waals surface area contributed by atoms with Gasteiger partial charge in [-0.1, -0.05) is 5.16 Å². The lowest BCUT2D eigenvalue weighted by Gasteiger charge is -2.14. The van der Waals surface area contributed by atoms with Crippen molar-refractivity contribution < 1.29 is 28.3 Å². The van der Waals surface area contributed by atoms with Crippen LogP contribution in [0.4, 0.5) is 0 Å². The van der Waals surface area contributed by atoms with E-state index in [1.807, 2.05) is 0 Å². The molecule has 0 fully saturated rings. The summed E-state index contributed by atoms with van der Waals surface area (Å²) in [5.41, 5.74) is 5.26. The molecular formula is C15H17N3O6. The Morgan fingerprint density at radius 3 is 2.00 bits per heavy atom. The van der Waals surface area contributed by atoms with Crippen LogP contribution in [-0.4, -0.2) is 38.3 Å². The third kappa shape index (κ3) is 3.57. The highest BCUT2D eigenvalue weighted by Gasteiger charge is 2.18. The lowest BCUT2D eigenvalue weighted by molar-refractivity contribution is 0.0825. The number of amides is 2. The summed E-state index contributed by atoms with van der Waals surface area (Å²) in [4.78, 5) is 24.0. The normalized spacial score (nSPS) is 10.0. The van der Waals surface area contributed by atoms with Crippen LogP contribution >= 0.6 is 0 Å². The average molecular weight is 335 g/mol. The lowest BCUT2D eigenvalue weighted by atomic mass is 10.1. The van der Waals surface area contributed by atoms with Crippen molar-refractivity contribution in [1.82, 2.24) is 16.0 Å². The van der Waals surface area contributed by atoms with Gasteiger partial charge in [0.25, 0.3) is 5.91 Å². The summed E-state index contributed by atoms with van der Waals surface area (Å²) in [5, 5.41) is 3.59. The van der Waals surface area contributed by atoms with E-state index in [1.165, 1.54) is 39.5 Å². The number of aryl methyl sites for hydroxylation is 1. The van der Waals surface area contributed by atoms with Gasteiger partial charge in [0.05, 0.1) is 27.0 Å². The predicted molar refractivity (Wildman–Crippen MR) is 82.3 cm³/mol. The molecule has 9 nitrogen and oxygen atoms in total. The zero-order chi connectivity index (χ0) is 17.7. The standard InChI is InChI=1S/C15H17N3O6/c1-8-5-12(24-18-8)15(20)17-16-14(19)9-6-10(21-2)13(23-4)11(7-9)22-3/h5-7H,1-4H3,(H,16,19)(H,17,20). The van der Waals surface area contributed by atoms with E-state index in [2.05, 4.69) is 16.0 Å². The molecule has 0 spiro atoms. The number of methoxy groups -OCH3 is 3. The van der Waals surface area contributed by atoms with Crippen molar-refractivity contribution >= 4 is 11.8 Å². The zero-order valence-corrected chi connectivity index (χ0v) is 13.6. The summed E-state index contributed by atoms with van der Waals surface area (Å²) >= 11 is 0. The monoisotopic (exact) mass is 335 g/mol. The molecule has 0 saturated heterocycles. The average Bonchev–Trinajstić information content (AvgIpc) is 3.04. The summed E-state index contributed by atoms with van der Waals surface area (Å²) in [6, 6.07) is 4.36. The molecule has 0 aliphatic carbocycles. The van der Waals surface area contributed by atoms with Crippen LogP contribution in [0.3, 0.4) is 0 Å². The second-order valence-corrected chi connectivity index (χ2v) is 4.65. The molecule has 0 saturated carbocycles. The van der Waals surface area contributed by atoms with Crippen LogP contribution in [0, 0.1) is 6.92 Å². The highest BCUT2D eigenvalue weighted by atomic mass is 16.5. The van der Waals surface area contributed by atoms with Crippen LogP contribution in [-0.2, 0) is 0 Å². The van der Waals surface area contributed by atoms with Crippen LogP contribution in [0.2, 0.25) is 0 Å². The molecule has 1 aromatic heterocycles. The first-order chi connectivity index (χ1) is 11.5. The van der Waals surface area contributed by atoms with Crippen LogP contribution in [0.5, 0.6) is 17.2 Å². The molecule has 0 unspecified atom stereocenters. The minimum Gasteiger partial charge on any atom is -0.493 e. The van der Waals surface area contributed by atoms with Gasteiger partial charge in [-0.05, 0) is 19.1 Å². The Morgan fingerprint density at radius 1 is 0.958 bits per heavy atom. The molecule has 9 heteroatoms. The third-order valence-corrected chi connectivity index (χ3v) is 3.07. The maximum atomic E-state index is 12.2. The van der Waals surface area contributed by atoms with Gasteiger partial charge in [0, 0.05) is 11.6 Å². The minimum atomic E-state index is -0.628. The summed E-state index contributed by atoms with van der Waals surface area (Å²) in [6.07, 6.45) is 0. The van der Waals surface area contributed by atoms with E-state index in [4.69, 9.17) is 18.7 Å². The van der Waals surface area contributed by atoms with E-state index >= 15 is 0 Å². The zero-order valence-electron chi connectivity index (χ0n) is 13.6. The lowest BCUT2D eigenvalue weighted by Crippen LogP contribution is -2.41. The number of hydrogen-bond acceptors (Lipinski definition) is 7. The van der Waals surface area contributed by atoms with Crippen molar-refractivity contribution in [2.24, 2.45) is 0 Å². The molecule has 2 amide bonds. The smallest absolute Gasteiger partial charge is 0.308 e. The van der Waals surface area contributed by atoms with Gasteiger partial charge < -0.3 is 18.7 Å². The van der Waals surface area contributed by atoms with Gasteiger partial charge in [0.1, 0.15) is 0 Å². The molecule has 0 bridgehead atoms. The van der Waals surface area contributed by atoms with Crippen molar-refractivity contribution in [3.63, 3.8) is 0 Å². The summed E-state index contributed by atoms with van der Waals surface area (Å²) in [6.45, 7) is 1.68. The van der Waals surface area contributed by atoms with Gasteiger partial charge >= 0.3 is 5.91 Å². The van der Waals surface area contributed by atoms with E-state index in [1.54, 1.807) is 6.92 Å². The molecule has 2 rings (SSSR count). The first-order valence-electron chi connectivity index (χ1n) is 6.84. The number of carbonyl (C=O) groups excluding carboxylic acids is 2. The molecular weight excluding hydrogens is 318 g/mol. The number of aromatic nitrogens is 1. The van der Waals surface area contributed by atoms with Gasteiger partial charge in [-0.25, -0.2) is 0 Å². The largest absolute Gasteiger partial charge is 0.493 e. The molecule has 24 heavy (non-hydrogen) atoms. The number of hydrazine groups is 1. The Kier molecular flexibility index (Phi) is 5.25. The first-order valence-corrected chi connectivity index (χ1v) is 6.84. The number of nitrogens with zero attached hydrogens (tertiary/aromatic N) is 1. The topological polar surface area (TPSA) is 112 Å². The van der Waals surface area contributed by atoms with Crippen LogP contribution in [0.15, 0.2) is 22.7 Å². The molecule has 0 aliphatic heterocycles. The van der Waals surface area contributed by atoms with E-state index in [0.717, 1.165) is 0 Å². The predicted octanol–water partition coefficient (Wildman–Crippen LogP) is 1.08. The molecule has 1 heterocycles. The van der Waals surface area contributed by atoms with E-state index in [9.17, 15) is 9.59 Å². The number of nitrogens with one attached hydrogen (secondary N) is 2. The Balaban J connectivity index is 2.13. The second kappa shape index (κ2) is 7.36. The van der Waals surface area contributed by atoms with Crippen LogP contribution in [0.25, 0.3) is 0 Å². The van der Waals surface area contributed by atoms with Crippen LogP contribution in [0.1, 0.15) is 26.6 Å². The van der Waals surface area contributed by atoms with Gasteiger partial charge in [0.2, 0.25) is 11.5 Å². The number of hydrogen-bond donors (Lipinski definition) is 2. The Morgan fingerprint density at radius 2 is 1.54 bits per heavy atom.